The molecule has 1 aliphatic heterocycles. The minimum atomic E-state index is -3.37. The van der Waals surface area contributed by atoms with E-state index < -0.39 is 33.5 Å². The molecule has 0 aromatic rings. The maximum atomic E-state index is 11.8. The minimum absolute atomic E-state index is 0.411. The van der Waals surface area contributed by atoms with Crippen LogP contribution >= 0.6 is 0 Å². The Labute approximate surface area is 101 Å². The Balaban J connectivity index is 2.78. The van der Waals surface area contributed by atoms with Crippen LogP contribution in [0, 0.1) is 0 Å². The lowest BCUT2D eigenvalue weighted by Gasteiger charge is -2.33. The Morgan fingerprint density at radius 1 is 1.35 bits per heavy atom. The number of sulfone groups is 1. The van der Waals surface area contributed by atoms with Crippen LogP contribution in [0.15, 0.2) is 0 Å². The zero-order valence-electron chi connectivity index (χ0n) is 10.0. The van der Waals surface area contributed by atoms with E-state index in [1.54, 1.807) is 0 Å². The maximum Gasteiger partial charge on any atom is 0.328 e. The smallest absolute Gasteiger partial charge is 0.328 e. The fourth-order valence-corrected chi connectivity index (χ4v) is 2.53. The summed E-state index contributed by atoms with van der Waals surface area (Å²) in [6.07, 6.45) is 3.15. The average Bonchev–Trinajstić information content (AvgIpc) is 2.25. The molecule has 1 heterocycles. The van der Waals surface area contributed by atoms with Gasteiger partial charge in [0.2, 0.25) is 5.91 Å². The molecular weight excluding hydrogens is 246 g/mol. The molecule has 1 rings (SSSR count). The van der Waals surface area contributed by atoms with Crippen molar-refractivity contribution in [3.63, 3.8) is 0 Å². The summed E-state index contributed by atoms with van der Waals surface area (Å²) < 4.78 is 26.8. The first-order valence-electron chi connectivity index (χ1n) is 5.40. The molecule has 0 aromatic carbocycles. The SMILES string of the molecule is COC(=O)[C@H]1CCCCN1C(=O)CS(C)(=O)=O. The second-order valence-corrected chi connectivity index (χ2v) is 6.33. The van der Waals surface area contributed by atoms with Crippen LogP contribution in [0.1, 0.15) is 19.3 Å². The van der Waals surface area contributed by atoms with Crippen molar-refractivity contribution in [3.05, 3.63) is 0 Å². The lowest BCUT2D eigenvalue weighted by Crippen LogP contribution is -2.50. The summed E-state index contributed by atoms with van der Waals surface area (Å²) >= 11 is 0. The molecule has 98 valence electrons. The number of hydrogen-bond acceptors (Lipinski definition) is 5. The normalized spacial score (nSPS) is 21.1. The van der Waals surface area contributed by atoms with Crippen molar-refractivity contribution in [2.75, 3.05) is 25.7 Å². The third-order valence-corrected chi connectivity index (χ3v) is 3.45. The van der Waals surface area contributed by atoms with Crippen molar-refractivity contribution in [1.29, 1.82) is 0 Å². The number of carbonyl (C=O) groups excluding carboxylic acids is 2. The number of ether oxygens (including phenoxy) is 1. The molecule has 1 aliphatic rings. The molecule has 1 atom stereocenters. The van der Waals surface area contributed by atoms with E-state index in [9.17, 15) is 18.0 Å². The third-order valence-electron chi connectivity index (χ3n) is 2.68. The molecule has 6 nitrogen and oxygen atoms in total. The fraction of sp³-hybridized carbons (Fsp3) is 0.800. The zero-order chi connectivity index (χ0) is 13.1. The number of hydrogen-bond donors (Lipinski definition) is 0. The predicted molar refractivity (Wildman–Crippen MR) is 61.1 cm³/mol. The molecule has 1 fully saturated rings. The highest BCUT2D eigenvalue weighted by Gasteiger charge is 2.33. The van der Waals surface area contributed by atoms with Crippen LogP contribution < -0.4 is 0 Å². The van der Waals surface area contributed by atoms with E-state index in [0.717, 1.165) is 19.1 Å². The highest BCUT2D eigenvalue weighted by molar-refractivity contribution is 7.91. The summed E-state index contributed by atoms with van der Waals surface area (Å²) in [6, 6.07) is -0.636. The van der Waals surface area contributed by atoms with Crippen LogP contribution in [0.3, 0.4) is 0 Å². The van der Waals surface area contributed by atoms with Crippen molar-refractivity contribution >= 4 is 21.7 Å². The number of nitrogens with zero attached hydrogens (tertiary/aromatic N) is 1. The first kappa shape index (κ1) is 14.0. The van der Waals surface area contributed by atoms with Crippen molar-refractivity contribution in [2.24, 2.45) is 0 Å². The van der Waals surface area contributed by atoms with Crippen LogP contribution in [0.2, 0.25) is 0 Å². The number of carbonyl (C=O) groups is 2. The first-order valence-corrected chi connectivity index (χ1v) is 7.46. The fourth-order valence-electron chi connectivity index (χ4n) is 1.92. The van der Waals surface area contributed by atoms with Crippen molar-refractivity contribution in [3.8, 4) is 0 Å². The van der Waals surface area contributed by atoms with Gasteiger partial charge in [-0.05, 0) is 19.3 Å². The summed E-state index contributed by atoms with van der Waals surface area (Å²) in [5.74, 6) is -1.56. The number of esters is 1. The lowest BCUT2D eigenvalue weighted by atomic mass is 10.0. The van der Waals surface area contributed by atoms with Gasteiger partial charge in [0.15, 0.2) is 9.84 Å². The maximum absolute atomic E-state index is 11.8. The van der Waals surface area contributed by atoms with Gasteiger partial charge in [0.05, 0.1) is 7.11 Å². The number of piperidine rings is 1. The van der Waals surface area contributed by atoms with Crippen LogP contribution in [0.25, 0.3) is 0 Å². The van der Waals surface area contributed by atoms with Gasteiger partial charge in [-0.2, -0.15) is 0 Å². The topological polar surface area (TPSA) is 80.8 Å². The Hall–Kier alpha value is -1.11. The summed E-state index contributed by atoms with van der Waals surface area (Å²) in [5.41, 5.74) is 0. The summed E-state index contributed by atoms with van der Waals surface area (Å²) in [4.78, 5) is 24.6. The second kappa shape index (κ2) is 5.48. The molecule has 17 heavy (non-hydrogen) atoms. The van der Waals surface area contributed by atoms with Gasteiger partial charge in [-0.1, -0.05) is 0 Å². The van der Waals surface area contributed by atoms with Gasteiger partial charge < -0.3 is 9.64 Å². The molecule has 0 aliphatic carbocycles. The molecule has 7 heteroatoms. The zero-order valence-corrected chi connectivity index (χ0v) is 10.8. The Kier molecular flexibility index (Phi) is 4.50. The molecule has 1 amide bonds. The molecule has 0 bridgehead atoms. The van der Waals surface area contributed by atoms with E-state index in [-0.39, 0.29) is 0 Å². The monoisotopic (exact) mass is 263 g/mol. The molecule has 0 N–H and O–H groups in total. The van der Waals surface area contributed by atoms with Crippen LogP contribution in [-0.4, -0.2) is 56.9 Å². The number of amides is 1. The highest BCUT2D eigenvalue weighted by Crippen LogP contribution is 2.18. The largest absolute Gasteiger partial charge is 0.467 e. The molecule has 0 spiro atoms. The highest BCUT2D eigenvalue weighted by atomic mass is 32.2. The Morgan fingerprint density at radius 3 is 2.53 bits per heavy atom. The van der Waals surface area contributed by atoms with Gasteiger partial charge in [0.1, 0.15) is 11.8 Å². The Bertz CT molecular complexity index is 403. The van der Waals surface area contributed by atoms with E-state index in [1.807, 2.05) is 0 Å². The van der Waals surface area contributed by atoms with Crippen LogP contribution in [0.5, 0.6) is 0 Å². The van der Waals surface area contributed by atoms with Gasteiger partial charge in [-0.3, -0.25) is 4.79 Å². The second-order valence-electron chi connectivity index (χ2n) is 4.19. The molecule has 0 aromatic heterocycles. The standard InChI is InChI=1S/C10H17NO5S/c1-16-10(13)8-5-3-4-6-11(8)9(12)7-17(2,14)15/h8H,3-7H2,1-2H3/t8-/m1/s1. The van der Waals surface area contributed by atoms with E-state index in [0.29, 0.717) is 13.0 Å². The van der Waals surface area contributed by atoms with Gasteiger partial charge in [-0.15, -0.1) is 0 Å². The van der Waals surface area contributed by atoms with Gasteiger partial charge >= 0.3 is 5.97 Å². The first-order chi connectivity index (χ1) is 7.85. The van der Waals surface area contributed by atoms with Crippen LogP contribution in [-0.2, 0) is 24.2 Å². The molecule has 0 radical (unpaired) electrons. The Morgan fingerprint density at radius 2 is 2.00 bits per heavy atom. The van der Waals surface area contributed by atoms with Gasteiger partial charge in [0.25, 0.3) is 0 Å². The van der Waals surface area contributed by atoms with Crippen molar-refractivity contribution < 1.29 is 22.7 Å². The van der Waals surface area contributed by atoms with Gasteiger partial charge in [0, 0.05) is 12.8 Å². The predicted octanol–water partition coefficient (Wildman–Crippen LogP) is -0.415. The van der Waals surface area contributed by atoms with E-state index >= 15 is 0 Å². The lowest BCUT2D eigenvalue weighted by molar-refractivity contribution is -0.153. The van der Waals surface area contributed by atoms with E-state index in [1.165, 1.54) is 12.0 Å². The third kappa shape index (κ3) is 3.99. The van der Waals surface area contributed by atoms with E-state index in [2.05, 4.69) is 4.74 Å². The van der Waals surface area contributed by atoms with Crippen molar-refractivity contribution in [2.45, 2.75) is 25.3 Å². The minimum Gasteiger partial charge on any atom is -0.467 e. The van der Waals surface area contributed by atoms with Crippen molar-refractivity contribution in [1.82, 2.24) is 4.90 Å². The molecule has 1 saturated heterocycles. The number of rotatable bonds is 3. The summed E-state index contributed by atoms with van der Waals surface area (Å²) in [7, 11) is -2.11. The summed E-state index contributed by atoms with van der Waals surface area (Å²) in [5, 5.41) is 0. The molecule has 0 saturated carbocycles. The summed E-state index contributed by atoms with van der Waals surface area (Å²) in [6.45, 7) is 0.411. The van der Waals surface area contributed by atoms with E-state index in [4.69, 9.17) is 0 Å². The number of likely N-dealkylation sites (tertiary alicyclic amines) is 1. The molecular formula is C10H17NO5S. The van der Waals surface area contributed by atoms with Gasteiger partial charge in [-0.25, -0.2) is 13.2 Å². The number of methoxy groups -OCH3 is 1. The molecule has 0 unspecified atom stereocenters. The average molecular weight is 263 g/mol. The quantitative estimate of drug-likeness (QED) is 0.646. The van der Waals surface area contributed by atoms with Crippen LogP contribution in [0.4, 0.5) is 0 Å².